The van der Waals surface area contributed by atoms with Crippen molar-refractivity contribution < 1.29 is 0 Å². The van der Waals surface area contributed by atoms with Crippen LogP contribution in [-0.2, 0) is 0 Å². The Morgan fingerprint density at radius 1 is 1.36 bits per heavy atom. The first kappa shape index (κ1) is 12.3. The van der Waals surface area contributed by atoms with E-state index in [1.165, 1.54) is 19.6 Å². The van der Waals surface area contributed by atoms with Gasteiger partial charge in [-0.15, -0.1) is 0 Å². The summed E-state index contributed by atoms with van der Waals surface area (Å²) in [6.07, 6.45) is 0. The number of rotatable bonds is 4. The van der Waals surface area contributed by atoms with Gasteiger partial charge < -0.3 is 10.2 Å². The van der Waals surface area contributed by atoms with Gasteiger partial charge in [0.05, 0.1) is 0 Å². The first-order valence-corrected chi connectivity index (χ1v) is 6.23. The van der Waals surface area contributed by atoms with Crippen LogP contribution < -0.4 is 5.32 Å². The first-order chi connectivity index (χ1) is 6.56. The minimum absolute atomic E-state index is 0.388. The molecule has 0 aromatic heterocycles. The van der Waals surface area contributed by atoms with E-state index >= 15 is 0 Å². The fraction of sp³-hybridized carbons (Fsp3) is 1.00. The van der Waals surface area contributed by atoms with Gasteiger partial charge in [0.25, 0.3) is 0 Å². The third kappa shape index (κ3) is 3.44. The Bertz CT molecular complexity index is 165. The number of hydrogen-bond donors (Lipinski definition) is 2. The Labute approximate surface area is 93.8 Å². The van der Waals surface area contributed by atoms with Crippen molar-refractivity contribution >= 4 is 12.6 Å². The van der Waals surface area contributed by atoms with E-state index < -0.39 is 0 Å². The molecule has 1 N–H and O–H groups in total. The minimum atomic E-state index is 0.388. The maximum atomic E-state index is 4.40. The van der Waals surface area contributed by atoms with Gasteiger partial charge in [0, 0.05) is 32.7 Å². The molecule has 1 fully saturated rings. The number of nitrogens with one attached hydrogen (secondary N) is 1. The summed E-state index contributed by atoms with van der Waals surface area (Å²) in [5.74, 6) is 1.67. The lowest BCUT2D eigenvalue weighted by Crippen LogP contribution is -2.48. The van der Waals surface area contributed by atoms with Gasteiger partial charge in [-0.2, -0.15) is 12.6 Å². The third-order valence-electron chi connectivity index (χ3n) is 3.45. The molecule has 1 aliphatic heterocycles. The Hall–Kier alpha value is 0.270. The van der Waals surface area contributed by atoms with Crippen LogP contribution >= 0.6 is 12.6 Å². The molecule has 14 heavy (non-hydrogen) atoms. The molecule has 0 bridgehead atoms. The van der Waals surface area contributed by atoms with Crippen LogP contribution in [0.3, 0.4) is 0 Å². The predicted molar refractivity (Wildman–Crippen MR) is 66.1 cm³/mol. The average molecular weight is 216 g/mol. The van der Waals surface area contributed by atoms with Crippen LogP contribution in [0.4, 0.5) is 0 Å². The van der Waals surface area contributed by atoms with Gasteiger partial charge in [-0.1, -0.05) is 20.8 Å². The van der Waals surface area contributed by atoms with E-state index in [1.807, 2.05) is 0 Å². The predicted octanol–water partition coefficient (Wildman–Crippen LogP) is 1.48. The Morgan fingerprint density at radius 2 is 1.93 bits per heavy atom. The van der Waals surface area contributed by atoms with Gasteiger partial charge in [0.2, 0.25) is 0 Å². The first-order valence-electron chi connectivity index (χ1n) is 5.60. The molecule has 1 rings (SSSR count). The third-order valence-corrected chi connectivity index (χ3v) is 4.00. The summed E-state index contributed by atoms with van der Waals surface area (Å²) in [6, 6.07) is 0. The van der Waals surface area contributed by atoms with Gasteiger partial charge in [0.15, 0.2) is 0 Å². The number of piperazine rings is 1. The monoisotopic (exact) mass is 216 g/mol. The van der Waals surface area contributed by atoms with E-state index in [9.17, 15) is 0 Å². The van der Waals surface area contributed by atoms with E-state index in [-0.39, 0.29) is 0 Å². The second kappa shape index (κ2) is 5.38. The molecule has 0 radical (unpaired) electrons. The molecule has 0 amide bonds. The van der Waals surface area contributed by atoms with Crippen molar-refractivity contribution in [3.8, 4) is 0 Å². The Balaban J connectivity index is 2.40. The molecule has 1 aliphatic rings. The summed E-state index contributed by atoms with van der Waals surface area (Å²) < 4.78 is 0. The van der Waals surface area contributed by atoms with Crippen LogP contribution in [0.25, 0.3) is 0 Å². The second-order valence-corrected chi connectivity index (χ2v) is 5.46. The molecule has 0 aromatic carbocycles. The zero-order chi connectivity index (χ0) is 10.6. The lowest BCUT2D eigenvalue weighted by molar-refractivity contribution is 0.125. The van der Waals surface area contributed by atoms with Crippen LogP contribution in [0.2, 0.25) is 0 Å². The summed E-state index contributed by atoms with van der Waals surface area (Å²) in [7, 11) is 0. The highest BCUT2D eigenvalue weighted by Gasteiger charge is 2.27. The lowest BCUT2D eigenvalue weighted by atomic mass is 9.80. The Kier molecular flexibility index (Phi) is 4.74. The minimum Gasteiger partial charge on any atom is -0.314 e. The van der Waals surface area contributed by atoms with Crippen molar-refractivity contribution in [2.24, 2.45) is 11.3 Å². The molecule has 2 nitrogen and oxygen atoms in total. The van der Waals surface area contributed by atoms with Gasteiger partial charge in [0.1, 0.15) is 0 Å². The highest BCUT2D eigenvalue weighted by atomic mass is 32.1. The smallest absolute Gasteiger partial charge is 0.0108 e. The SMILES string of the molecule is CC(CS)C(C)(C)CN1CCNCC1. The van der Waals surface area contributed by atoms with E-state index in [4.69, 9.17) is 0 Å². The fourth-order valence-electron chi connectivity index (χ4n) is 1.85. The van der Waals surface area contributed by atoms with Crippen LogP contribution in [0.5, 0.6) is 0 Å². The number of hydrogen-bond acceptors (Lipinski definition) is 3. The van der Waals surface area contributed by atoms with Crippen molar-refractivity contribution in [2.75, 3.05) is 38.5 Å². The Morgan fingerprint density at radius 3 is 2.43 bits per heavy atom. The fourth-order valence-corrected chi connectivity index (χ4v) is 2.34. The standard InChI is InChI=1S/C11H24N2S/c1-10(8-14)11(2,3)9-13-6-4-12-5-7-13/h10,12,14H,4-9H2,1-3H3. The quantitative estimate of drug-likeness (QED) is 0.692. The highest BCUT2D eigenvalue weighted by Crippen LogP contribution is 2.28. The molecular formula is C11H24N2S. The van der Waals surface area contributed by atoms with Crippen LogP contribution in [-0.4, -0.2) is 43.4 Å². The number of thiol groups is 1. The molecule has 1 heterocycles. The van der Waals surface area contributed by atoms with E-state index in [0.29, 0.717) is 11.3 Å². The molecule has 1 saturated heterocycles. The molecule has 0 spiro atoms. The summed E-state index contributed by atoms with van der Waals surface area (Å²) in [5, 5.41) is 3.39. The van der Waals surface area contributed by atoms with E-state index in [0.717, 1.165) is 18.8 Å². The lowest BCUT2D eigenvalue weighted by Gasteiger charge is -2.38. The molecule has 3 heteroatoms. The molecule has 1 atom stereocenters. The summed E-state index contributed by atoms with van der Waals surface area (Å²) in [5.41, 5.74) is 0.388. The van der Waals surface area contributed by atoms with Crippen molar-refractivity contribution in [1.82, 2.24) is 10.2 Å². The van der Waals surface area contributed by atoms with E-state index in [2.05, 4.69) is 43.6 Å². The molecular weight excluding hydrogens is 192 g/mol. The normalized spacial score (nSPS) is 22.3. The van der Waals surface area contributed by atoms with Crippen molar-refractivity contribution in [3.05, 3.63) is 0 Å². The van der Waals surface area contributed by atoms with Gasteiger partial charge in [-0.05, 0) is 17.1 Å². The van der Waals surface area contributed by atoms with Crippen LogP contribution in [0, 0.1) is 11.3 Å². The largest absolute Gasteiger partial charge is 0.314 e. The summed E-state index contributed by atoms with van der Waals surface area (Å²) in [4.78, 5) is 2.57. The second-order valence-electron chi connectivity index (χ2n) is 5.10. The van der Waals surface area contributed by atoms with Crippen molar-refractivity contribution in [2.45, 2.75) is 20.8 Å². The maximum absolute atomic E-state index is 4.40. The molecule has 0 saturated carbocycles. The van der Waals surface area contributed by atoms with Crippen molar-refractivity contribution in [1.29, 1.82) is 0 Å². The molecule has 1 unspecified atom stereocenters. The van der Waals surface area contributed by atoms with Gasteiger partial charge in [-0.3, -0.25) is 0 Å². The number of nitrogens with zero attached hydrogens (tertiary/aromatic N) is 1. The molecule has 0 aliphatic carbocycles. The maximum Gasteiger partial charge on any atom is 0.0108 e. The van der Waals surface area contributed by atoms with Gasteiger partial charge >= 0.3 is 0 Å². The van der Waals surface area contributed by atoms with Crippen LogP contribution in [0.15, 0.2) is 0 Å². The highest BCUT2D eigenvalue weighted by molar-refractivity contribution is 7.80. The topological polar surface area (TPSA) is 15.3 Å². The zero-order valence-corrected chi connectivity index (χ0v) is 10.6. The molecule has 84 valence electrons. The summed E-state index contributed by atoms with van der Waals surface area (Å²) >= 11 is 4.40. The van der Waals surface area contributed by atoms with Gasteiger partial charge in [-0.25, -0.2) is 0 Å². The summed E-state index contributed by atoms with van der Waals surface area (Å²) in [6.45, 7) is 12.9. The average Bonchev–Trinajstić information content (AvgIpc) is 2.17. The van der Waals surface area contributed by atoms with Crippen molar-refractivity contribution in [3.63, 3.8) is 0 Å². The van der Waals surface area contributed by atoms with E-state index in [1.54, 1.807) is 0 Å². The molecule has 0 aromatic rings. The van der Waals surface area contributed by atoms with Crippen LogP contribution in [0.1, 0.15) is 20.8 Å². The zero-order valence-electron chi connectivity index (χ0n) is 9.71.